The topological polar surface area (TPSA) is 149 Å². The molecule has 1 aliphatic rings. The molecule has 74 heavy (non-hydrogen) atoms. The molecule has 9 nitrogen and oxygen atoms in total. The van der Waals surface area contributed by atoms with Gasteiger partial charge < -0.3 is 40.3 Å². The van der Waals surface area contributed by atoms with Crippen LogP contribution in [0.1, 0.15) is 354 Å². The normalized spacial score (nSPS) is 18.8. The summed E-state index contributed by atoms with van der Waals surface area (Å²) in [6.07, 6.45) is 61.6. The third-order valence-electron chi connectivity index (χ3n) is 16.5. The molecule has 1 saturated heterocycles. The second-order valence-electron chi connectivity index (χ2n) is 23.6. The fraction of sp³-hybridized carbons (Fsp3) is 0.985. The number of ether oxygens (including phenoxy) is 2. The minimum absolute atomic E-state index is 0.131. The quantitative estimate of drug-likeness (QED) is 0.0330. The number of unbranched alkanes of at least 4 members (excludes halogenated alkanes) is 49. The molecule has 0 aromatic heterocycles. The molecule has 0 saturated carbocycles. The van der Waals surface area contributed by atoms with Crippen LogP contribution in [0.4, 0.5) is 0 Å². The summed E-state index contributed by atoms with van der Waals surface area (Å²) in [6.45, 7) is 3.90. The van der Waals surface area contributed by atoms with Gasteiger partial charge in [0.15, 0.2) is 6.29 Å². The molecule has 0 aliphatic carbocycles. The summed E-state index contributed by atoms with van der Waals surface area (Å²) in [7, 11) is 0. The van der Waals surface area contributed by atoms with E-state index < -0.39 is 49.5 Å². The maximum Gasteiger partial charge on any atom is 0.220 e. The maximum absolute atomic E-state index is 13.1. The number of rotatable bonds is 59. The zero-order valence-electron chi connectivity index (χ0n) is 49.4. The molecule has 7 unspecified atom stereocenters. The van der Waals surface area contributed by atoms with Crippen molar-refractivity contribution in [2.45, 2.75) is 397 Å². The van der Waals surface area contributed by atoms with E-state index in [0.29, 0.717) is 12.8 Å². The van der Waals surface area contributed by atoms with E-state index in [1.54, 1.807) is 0 Å². The van der Waals surface area contributed by atoms with E-state index in [-0.39, 0.29) is 12.5 Å². The van der Waals surface area contributed by atoms with Gasteiger partial charge in [-0.15, -0.1) is 0 Å². The lowest BCUT2D eigenvalue weighted by atomic mass is 9.99. The Morgan fingerprint density at radius 1 is 0.405 bits per heavy atom. The molecule has 0 radical (unpaired) electrons. The third kappa shape index (κ3) is 44.1. The molecule has 1 amide bonds. The Hall–Kier alpha value is -0.810. The molecular weight excluding hydrogens is 923 g/mol. The summed E-state index contributed by atoms with van der Waals surface area (Å²) in [5.74, 6) is -0.134. The van der Waals surface area contributed by atoms with Crippen molar-refractivity contribution >= 4 is 5.91 Å². The Morgan fingerprint density at radius 2 is 0.676 bits per heavy atom. The fourth-order valence-corrected chi connectivity index (χ4v) is 11.2. The lowest BCUT2D eigenvalue weighted by molar-refractivity contribution is -0.302. The van der Waals surface area contributed by atoms with Gasteiger partial charge in [-0.3, -0.25) is 4.79 Å². The van der Waals surface area contributed by atoms with Gasteiger partial charge in [-0.1, -0.05) is 335 Å². The second-order valence-corrected chi connectivity index (χ2v) is 23.6. The number of aliphatic hydroxyl groups is 5. The largest absolute Gasteiger partial charge is 0.394 e. The van der Waals surface area contributed by atoms with E-state index >= 15 is 0 Å². The third-order valence-corrected chi connectivity index (χ3v) is 16.5. The van der Waals surface area contributed by atoms with Gasteiger partial charge in [0.1, 0.15) is 24.4 Å². The second kappa shape index (κ2) is 55.5. The summed E-state index contributed by atoms with van der Waals surface area (Å²) in [5.41, 5.74) is 0. The first kappa shape index (κ1) is 71.2. The van der Waals surface area contributed by atoms with E-state index in [4.69, 9.17) is 9.47 Å². The van der Waals surface area contributed by atoms with Crippen LogP contribution in [0.25, 0.3) is 0 Å². The van der Waals surface area contributed by atoms with Crippen LogP contribution in [0.2, 0.25) is 0 Å². The highest BCUT2D eigenvalue weighted by Crippen LogP contribution is 2.24. The van der Waals surface area contributed by atoms with Gasteiger partial charge in [0.05, 0.1) is 25.4 Å². The van der Waals surface area contributed by atoms with Crippen LogP contribution < -0.4 is 5.32 Å². The lowest BCUT2D eigenvalue weighted by Gasteiger charge is -2.40. The van der Waals surface area contributed by atoms with E-state index in [1.165, 1.54) is 289 Å². The van der Waals surface area contributed by atoms with Crippen LogP contribution in [0, 0.1) is 0 Å². The summed E-state index contributed by atoms with van der Waals surface area (Å²) < 4.78 is 11.4. The predicted molar refractivity (Wildman–Crippen MR) is 314 cm³/mol. The molecule has 7 atom stereocenters. The summed E-state index contributed by atoms with van der Waals surface area (Å²) in [5, 5.41) is 54.8. The van der Waals surface area contributed by atoms with Crippen molar-refractivity contribution in [3.63, 3.8) is 0 Å². The van der Waals surface area contributed by atoms with Gasteiger partial charge in [0.25, 0.3) is 0 Å². The average molecular weight is 1050 g/mol. The van der Waals surface area contributed by atoms with Crippen molar-refractivity contribution in [1.82, 2.24) is 5.32 Å². The van der Waals surface area contributed by atoms with Crippen molar-refractivity contribution in [3.8, 4) is 0 Å². The zero-order valence-corrected chi connectivity index (χ0v) is 49.4. The predicted octanol–water partition coefficient (Wildman–Crippen LogP) is 17.4. The molecule has 442 valence electrons. The number of carbonyl (C=O) groups is 1. The van der Waals surface area contributed by atoms with Crippen molar-refractivity contribution in [2.24, 2.45) is 0 Å². The molecule has 0 aromatic carbocycles. The highest BCUT2D eigenvalue weighted by molar-refractivity contribution is 5.76. The first-order valence-corrected chi connectivity index (χ1v) is 33.2. The number of aliphatic hydroxyl groups excluding tert-OH is 5. The molecular formula is C65H129NO8. The number of hydrogen-bond donors (Lipinski definition) is 6. The first-order chi connectivity index (χ1) is 36.3. The molecule has 0 spiro atoms. The number of hydrogen-bond acceptors (Lipinski definition) is 8. The Bertz CT molecular complexity index is 1130. The molecule has 1 heterocycles. The van der Waals surface area contributed by atoms with Crippen molar-refractivity contribution in [1.29, 1.82) is 0 Å². The summed E-state index contributed by atoms with van der Waals surface area (Å²) in [4.78, 5) is 13.1. The number of amides is 1. The minimum Gasteiger partial charge on any atom is -0.394 e. The van der Waals surface area contributed by atoms with E-state index in [9.17, 15) is 30.3 Å². The first-order valence-electron chi connectivity index (χ1n) is 33.2. The van der Waals surface area contributed by atoms with Gasteiger partial charge in [0.2, 0.25) is 5.91 Å². The minimum atomic E-state index is -1.55. The van der Waals surface area contributed by atoms with Crippen molar-refractivity contribution in [3.05, 3.63) is 0 Å². The zero-order chi connectivity index (χ0) is 53.6. The number of carbonyl (C=O) groups excluding carboxylic acids is 1. The van der Waals surface area contributed by atoms with Crippen LogP contribution in [-0.2, 0) is 14.3 Å². The number of nitrogens with one attached hydrogen (secondary N) is 1. The molecule has 6 N–H and O–H groups in total. The fourth-order valence-electron chi connectivity index (χ4n) is 11.2. The monoisotopic (exact) mass is 1050 g/mol. The van der Waals surface area contributed by atoms with Crippen LogP contribution in [0.5, 0.6) is 0 Å². The van der Waals surface area contributed by atoms with Gasteiger partial charge in [-0.25, -0.2) is 0 Å². The maximum atomic E-state index is 13.1. The van der Waals surface area contributed by atoms with E-state index in [0.717, 1.165) is 38.5 Å². The summed E-state index contributed by atoms with van der Waals surface area (Å²) in [6, 6.07) is -0.714. The Balaban J connectivity index is 2.09. The van der Waals surface area contributed by atoms with Gasteiger partial charge in [0, 0.05) is 6.42 Å². The smallest absolute Gasteiger partial charge is 0.220 e. The Kier molecular flexibility index (Phi) is 53.4. The molecule has 9 heteroatoms. The summed E-state index contributed by atoms with van der Waals surface area (Å²) >= 11 is 0. The van der Waals surface area contributed by atoms with Crippen LogP contribution >= 0.6 is 0 Å². The van der Waals surface area contributed by atoms with Crippen LogP contribution in [0.3, 0.4) is 0 Å². The highest BCUT2D eigenvalue weighted by atomic mass is 16.7. The van der Waals surface area contributed by atoms with Crippen molar-refractivity contribution in [2.75, 3.05) is 13.2 Å². The van der Waals surface area contributed by atoms with E-state index in [1.807, 2.05) is 0 Å². The lowest BCUT2D eigenvalue weighted by Crippen LogP contribution is -2.60. The SMILES string of the molecule is CCCCCCCCCCCCCCCCCCCCCCCCCCCCCCCCCC(=O)NC(COC1OC(CO)C(O)C(O)C1O)C(O)CCCCCCCCCCCCCCCCCCCCCC. The Morgan fingerprint density at radius 3 is 0.959 bits per heavy atom. The molecule has 1 aliphatic heterocycles. The average Bonchev–Trinajstić information content (AvgIpc) is 3.40. The standard InChI is InChI=1S/C65H129NO8/c1-3-5-7-9-11-13-15-17-19-21-23-25-26-27-28-29-30-31-32-33-34-35-37-39-41-43-45-47-49-51-53-55-61(69)66-58(57-73-65-64(72)63(71)62(70)60(56-67)74-65)59(68)54-52-50-48-46-44-42-40-38-36-24-22-20-18-16-14-12-10-8-6-4-2/h58-60,62-65,67-68,70-72H,3-57H2,1-2H3,(H,66,69). The Labute approximate surface area is 459 Å². The van der Waals surface area contributed by atoms with Gasteiger partial charge in [-0.05, 0) is 12.8 Å². The molecule has 0 bridgehead atoms. The van der Waals surface area contributed by atoms with Crippen molar-refractivity contribution < 1.29 is 39.8 Å². The molecule has 0 aromatic rings. The molecule has 1 rings (SSSR count). The van der Waals surface area contributed by atoms with Gasteiger partial charge in [-0.2, -0.15) is 0 Å². The molecule has 1 fully saturated rings. The van der Waals surface area contributed by atoms with Gasteiger partial charge >= 0.3 is 0 Å². The van der Waals surface area contributed by atoms with Crippen LogP contribution in [0.15, 0.2) is 0 Å². The highest BCUT2D eigenvalue weighted by Gasteiger charge is 2.44. The van der Waals surface area contributed by atoms with Crippen LogP contribution in [-0.4, -0.2) is 87.5 Å². The van der Waals surface area contributed by atoms with E-state index in [2.05, 4.69) is 19.2 Å².